The van der Waals surface area contributed by atoms with Crippen molar-refractivity contribution in [3.05, 3.63) is 24.3 Å². The predicted molar refractivity (Wildman–Crippen MR) is 101 cm³/mol. The SMILES string of the molecule is CC.CN(C)C1CCCCC1.CNc1nc2ccccc2s1. The Bertz CT molecular complexity index is 483. The summed E-state index contributed by atoms with van der Waals surface area (Å²) in [4.78, 5) is 6.70. The molecule has 0 atom stereocenters. The molecule has 1 aromatic carbocycles. The molecule has 1 fully saturated rings. The number of anilines is 1. The average molecular weight is 322 g/mol. The number of hydrogen-bond donors (Lipinski definition) is 1. The molecule has 0 radical (unpaired) electrons. The van der Waals surface area contributed by atoms with Crippen LogP contribution in [0.5, 0.6) is 0 Å². The Hall–Kier alpha value is -1.13. The zero-order valence-electron chi connectivity index (χ0n) is 14.7. The number of para-hydroxylation sites is 1. The van der Waals surface area contributed by atoms with Crippen molar-refractivity contribution in [3.8, 4) is 0 Å². The third kappa shape index (κ3) is 5.93. The van der Waals surface area contributed by atoms with Gasteiger partial charge < -0.3 is 10.2 Å². The van der Waals surface area contributed by atoms with Crippen LogP contribution in [-0.4, -0.2) is 37.1 Å². The summed E-state index contributed by atoms with van der Waals surface area (Å²) in [7, 11) is 6.27. The molecule has 1 saturated carbocycles. The molecule has 0 unspecified atom stereocenters. The van der Waals surface area contributed by atoms with E-state index < -0.39 is 0 Å². The second-order valence-corrected chi connectivity index (χ2v) is 6.52. The minimum Gasteiger partial charge on any atom is -0.365 e. The lowest BCUT2D eigenvalue weighted by Gasteiger charge is -2.27. The number of nitrogens with zero attached hydrogens (tertiary/aromatic N) is 2. The van der Waals surface area contributed by atoms with E-state index in [9.17, 15) is 0 Å². The molecule has 1 heterocycles. The summed E-state index contributed by atoms with van der Waals surface area (Å²) in [6, 6.07) is 9.01. The van der Waals surface area contributed by atoms with E-state index in [1.807, 2.05) is 39.1 Å². The monoisotopic (exact) mass is 321 g/mol. The first-order chi connectivity index (χ1) is 10.7. The van der Waals surface area contributed by atoms with Crippen LogP contribution in [0, 0.1) is 0 Å². The lowest BCUT2D eigenvalue weighted by molar-refractivity contribution is 0.229. The molecule has 0 aliphatic heterocycles. The predicted octanol–water partition coefficient (Wildman–Crippen LogP) is 5.24. The Morgan fingerprint density at radius 1 is 1.09 bits per heavy atom. The highest BCUT2D eigenvalue weighted by Crippen LogP contribution is 2.24. The molecule has 3 nitrogen and oxygen atoms in total. The van der Waals surface area contributed by atoms with Gasteiger partial charge in [-0.2, -0.15) is 0 Å². The molecule has 22 heavy (non-hydrogen) atoms. The van der Waals surface area contributed by atoms with E-state index in [1.54, 1.807) is 11.3 Å². The molecule has 2 aromatic rings. The fourth-order valence-corrected chi connectivity index (χ4v) is 3.40. The van der Waals surface area contributed by atoms with Gasteiger partial charge in [-0.15, -0.1) is 0 Å². The molecule has 124 valence electrons. The number of aromatic nitrogens is 1. The summed E-state index contributed by atoms with van der Waals surface area (Å²) in [5.74, 6) is 0. The lowest BCUT2D eigenvalue weighted by Crippen LogP contribution is -2.29. The fraction of sp³-hybridized carbons (Fsp3) is 0.611. The maximum absolute atomic E-state index is 4.34. The van der Waals surface area contributed by atoms with E-state index in [0.717, 1.165) is 16.7 Å². The van der Waals surface area contributed by atoms with E-state index >= 15 is 0 Å². The van der Waals surface area contributed by atoms with Crippen LogP contribution in [0.25, 0.3) is 10.2 Å². The Balaban J connectivity index is 0.000000202. The molecule has 0 bridgehead atoms. The van der Waals surface area contributed by atoms with E-state index in [2.05, 4.69) is 35.4 Å². The number of hydrogen-bond acceptors (Lipinski definition) is 4. The van der Waals surface area contributed by atoms with Gasteiger partial charge in [-0.3, -0.25) is 0 Å². The van der Waals surface area contributed by atoms with Gasteiger partial charge in [-0.1, -0.05) is 56.6 Å². The van der Waals surface area contributed by atoms with Crippen molar-refractivity contribution in [2.24, 2.45) is 0 Å². The molecular formula is C18H31N3S. The highest BCUT2D eigenvalue weighted by Gasteiger charge is 2.13. The van der Waals surface area contributed by atoms with Crippen molar-refractivity contribution in [3.63, 3.8) is 0 Å². The maximum atomic E-state index is 4.34. The van der Waals surface area contributed by atoms with Gasteiger partial charge in [0.25, 0.3) is 0 Å². The van der Waals surface area contributed by atoms with Crippen LogP contribution < -0.4 is 5.32 Å². The van der Waals surface area contributed by atoms with Gasteiger partial charge >= 0.3 is 0 Å². The van der Waals surface area contributed by atoms with Crippen molar-refractivity contribution in [2.45, 2.75) is 52.0 Å². The number of thiazole rings is 1. The van der Waals surface area contributed by atoms with Gasteiger partial charge in [-0.25, -0.2) is 4.98 Å². The van der Waals surface area contributed by atoms with Crippen LogP contribution in [0.1, 0.15) is 46.0 Å². The Kier molecular flexibility index (Phi) is 9.09. The standard InChI is InChI=1S/C8H8N2S.C8H17N.C2H6/c1-9-8-10-6-4-2-3-5-7(6)11-8;1-9(2)8-6-4-3-5-7-8;1-2/h2-5H,1H3,(H,9,10);8H,3-7H2,1-2H3;1-2H3. The summed E-state index contributed by atoms with van der Waals surface area (Å²) in [6.45, 7) is 4.00. The first kappa shape index (κ1) is 18.9. The largest absolute Gasteiger partial charge is 0.365 e. The van der Waals surface area contributed by atoms with Crippen molar-refractivity contribution in [1.29, 1.82) is 0 Å². The highest BCUT2D eigenvalue weighted by molar-refractivity contribution is 7.22. The Morgan fingerprint density at radius 3 is 2.23 bits per heavy atom. The van der Waals surface area contributed by atoms with Gasteiger partial charge in [0.15, 0.2) is 5.13 Å². The molecular weight excluding hydrogens is 290 g/mol. The van der Waals surface area contributed by atoms with Crippen molar-refractivity contribution in [1.82, 2.24) is 9.88 Å². The molecule has 1 N–H and O–H groups in total. The van der Waals surface area contributed by atoms with Crippen LogP contribution in [-0.2, 0) is 0 Å². The third-order valence-corrected chi connectivity index (χ3v) is 4.87. The second-order valence-electron chi connectivity index (χ2n) is 5.49. The normalized spacial score (nSPS) is 14.8. The highest BCUT2D eigenvalue weighted by atomic mass is 32.1. The summed E-state index contributed by atoms with van der Waals surface area (Å²) in [5, 5.41) is 4.00. The van der Waals surface area contributed by atoms with E-state index in [4.69, 9.17) is 0 Å². The summed E-state index contributed by atoms with van der Waals surface area (Å²) in [5.41, 5.74) is 1.07. The molecule has 0 saturated heterocycles. The zero-order valence-corrected chi connectivity index (χ0v) is 15.5. The smallest absolute Gasteiger partial charge is 0.183 e. The molecule has 0 spiro atoms. The number of nitrogens with one attached hydrogen (secondary N) is 1. The summed E-state index contributed by atoms with van der Waals surface area (Å²) >= 11 is 1.68. The van der Waals surface area contributed by atoms with Gasteiger partial charge in [0.1, 0.15) is 0 Å². The van der Waals surface area contributed by atoms with Crippen LogP contribution in [0.2, 0.25) is 0 Å². The van der Waals surface area contributed by atoms with Crippen LogP contribution in [0.15, 0.2) is 24.3 Å². The minimum atomic E-state index is 0.888. The molecule has 0 amide bonds. The topological polar surface area (TPSA) is 28.2 Å². The summed E-state index contributed by atoms with van der Waals surface area (Å²) in [6.07, 6.45) is 7.20. The molecule has 3 rings (SSSR count). The zero-order chi connectivity index (χ0) is 16.4. The van der Waals surface area contributed by atoms with Gasteiger partial charge in [-0.05, 0) is 39.1 Å². The third-order valence-electron chi connectivity index (χ3n) is 3.81. The van der Waals surface area contributed by atoms with Crippen LogP contribution in [0.4, 0.5) is 5.13 Å². The van der Waals surface area contributed by atoms with Crippen molar-refractivity contribution < 1.29 is 0 Å². The first-order valence-electron chi connectivity index (χ1n) is 8.40. The first-order valence-corrected chi connectivity index (χ1v) is 9.22. The average Bonchev–Trinajstić information content (AvgIpc) is 3.01. The van der Waals surface area contributed by atoms with Crippen LogP contribution >= 0.6 is 11.3 Å². The molecule has 1 aliphatic carbocycles. The van der Waals surface area contributed by atoms with Gasteiger partial charge in [0.2, 0.25) is 0 Å². The van der Waals surface area contributed by atoms with Crippen LogP contribution in [0.3, 0.4) is 0 Å². The lowest BCUT2D eigenvalue weighted by atomic mass is 9.95. The Morgan fingerprint density at radius 2 is 1.73 bits per heavy atom. The fourth-order valence-electron chi connectivity index (χ4n) is 2.58. The number of fused-ring (bicyclic) bond motifs is 1. The molecule has 1 aromatic heterocycles. The number of rotatable bonds is 2. The van der Waals surface area contributed by atoms with E-state index in [0.29, 0.717) is 0 Å². The van der Waals surface area contributed by atoms with Crippen molar-refractivity contribution in [2.75, 3.05) is 26.5 Å². The van der Waals surface area contributed by atoms with Gasteiger partial charge in [0.05, 0.1) is 10.2 Å². The van der Waals surface area contributed by atoms with Crippen molar-refractivity contribution >= 4 is 26.7 Å². The maximum Gasteiger partial charge on any atom is 0.183 e. The minimum absolute atomic E-state index is 0.888. The van der Waals surface area contributed by atoms with Gasteiger partial charge in [0, 0.05) is 13.1 Å². The second kappa shape index (κ2) is 10.6. The summed E-state index contributed by atoms with van der Waals surface area (Å²) < 4.78 is 1.23. The molecule has 1 aliphatic rings. The van der Waals surface area contributed by atoms with E-state index in [1.165, 1.54) is 36.8 Å². The molecule has 4 heteroatoms. The Labute approximate surface area is 139 Å². The van der Waals surface area contributed by atoms with E-state index in [-0.39, 0.29) is 0 Å². The number of benzene rings is 1. The quantitative estimate of drug-likeness (QED) is 0.819.